The SMILES string of the molecule is COc1ncc(-c2cccc(-n3ccnc3)c2)c(OC)n1. The van der Waals surface area contributed by atoms with Crippen molar-refractivity contribution >= 4 is 0 Å². The standard InChI is InChI=1S/C15H14N4O2/c1-20-14-13(9-17-15(18-14)21-2)11-4-3-5-12(8-11)19-7-6-16-10-19/h3-10H,1-2H3. The molecule has 0 spiro atoms. The number of hydrogen-bond acceptors (Lipinski definition) is 5. The van der Waals surface area contributed by atoms with Crippen LogP contribution in [0.1, 0.15) is 0 Å². The van der Waals surface area contributed by atoms with E-state index in [-0.39, 0.29) is 6.01 Å². The maximum Gasteiger partial charge on any atom is 0.319 e. The molecule has 3 aromatic rings. The number of rotatable bonds is 4. The zero-order valence-electron chi connectivity index (χ0n) is 11.7. The fourth-order valence-corrected chi connectivity index (χ4v) is 2.05. The van der Waals surface area contributed by atoms with Gasteiger partial charge in [0.15, 0.2) is 0 Å². The highest BCUT2D eigenvalue weighted by atomic mass is 16.5. The van der Waals surface area contributed by atoms with Crippen LogP contribution in [0.3, 0.4) is 0 Å². The van der Waals surface area contributed by atoms with E-state index in [0.717, 1.165) is 16.8 Å². The van der Waals surface area contributed by atoms with Crippen molar-refractivity contribution in [3.63, 3.8) is 0 Å². The molecule has 0 saturated heterocycles. The summed E-state index contributed by atoms with van der Waals surface area (Å²) in [7, 11) is 3.10. The predicted octanol–water partition coefficient (Wildman–Crippen LogP) is 2.35. The molecule has 21 heavy (non-hydrogen) atoms. The lowest BCUT2D eigenvalue weighted by Crippen LogP contribution is -1.98. The quantitative estimate of drug-likeness (QED) is 0.735. The Kier molecular flexibility index (Phi) is 3.51. The van der Waals surface area contributed by atoms with Crippen molar-refractivity contribution in [1.29, 1.82) is 0 Å². The molecule has 0 N–H and O–H groups in total. The Hall–Kier alpha value is -2.89. The Labute approximate surface area is 122 Å². The first kappa shape index (κ1) is 13.1. The van der Waals surface area contributed by atoms with E-state index >= 15 is 0 Å². The molecule has 3 rings (SSSR count). The molecule has 6 heteroatoms. The third kappa shape index (κ3) is 2.55. The number of aromatic nitrogens is 4. The first-order valence-electron chi connectivity index (χ1n) is 6.35. The number of imidazole rings is 1. The van der Waals surface area contributed by atoms with Crippen LogP contribution in [0.15, 0.2) is 49.2 Å². The van der Waals surface area contributed by atoms with Gasteiger partial charge in [0, 0.05) is 24.3 Å². The second-order valence-electron chi connectivity index (χ2n) is 4.30. The van der Waals surface area contributed by atoms with Gasteiger partial charge in [-0.3, -0.25) is 0 Å². The van der Waals surface area contributed by atoms with E-state index in [9.17, 15) is 0 Å². The molecule has 0 fully saturated rings. The van der Waals surface area contributed by atoms with E-state index in [0.29, 0.717) is 5.88 Å². The second kappa shape index (κ2) is 5.62. The van der Waals surface area contributed by atoms with Crippen LogP contribution < -0.4 is 9.47 Å². The van der Waals surface area contributed by atoms with E-state index in [1.54, 1.807) is 25.8 Å². The summed E-state index contributed by atoms with van der Waals surface area (Å²) in [4.78, 5) is 12.4. The van der Waals surface area contributed by atoms with Gasteiger partial charge < -0.3 is 14.0 Å². The van der Waals surface area contributed by atoms with E-state index in [1.807, 2.05) is 35.0 Å². The average molecular weight is 282 g/mol. The zero-order valence-corrected chi connectivity index (χ0v) is 11.7. The minimum absolute atomic E-state index is 0.279. The molecule has 106 valence electrons. The van der Waals surface area contributed by atoms with Crippen LogP contribution in [0.25, 0.3) is 16.8 Å². The minimum Gasteiger partial charge on any atom is -0.480 e. The van der Waals surface area contributed by atoms with Crippen LogP contribution in [0.4, 0.5) is 0 Å². The number of ether oxygens (including phenoxy) is 2. The predicted molar refractivity (Wildman–Crippen MR) is 77.7 cm³/mol. The first-order valence-corrected chi connectivity index (χ1v) is 6.35. The van der Waals surface area contributed by atoms with Crippen LogP contribution in [-0.4, -0.2) is 33.7 Å². The smallest absolute Gasteiger partial charge is 0.319 e. The van der Waals surface area contributed by atoms with Gasteiger partial charge in [0.05, 0.1) is 26.1 Å². The van der Waals surface area contributed by atoms with Gasteiger partial charge in [0.1, 0.15) is 0 Å². The fourth-order valence-electron chi connectivity index (χ4n) is 2.05. The molecule has 0 radical (unpaired) electrons. The molecular formula is C15H14N4O2. The zero-order chi connectivity index (χ0) is 14.7. The summed E-state index contributed by atoms with van der Waals surface area (Å²) in [5.41, 5.74) is 2.77. The third-order valence-corrected chi connectivity index (χ3v) is 3.07. The molecule has 1 aromatic carbocycles. The van der Waals surface area contributed by atoms with E-state index in [2.05, 4.69) is 15.0 Å². The van der Waals surface area contributed by atoms with Crippen molar-refractivity contribution in [3.05, 3.63) is 49.2 Å². The van der Waals surface area contributed by atoms with Gasteiger partial charge in [-0.25, -0.2) is 9.97 Å². The molecular weight excluding hydrogens is 268 g/mol. The van der Waals surface area contributed by atoms with Gasteiger partial charge in [0.25, 0.3) is 0 Å². The number of benzene rings is 1. The Balaban J connectivity index is 2.06. The summed E-state index contributed by atoms with van der Waals surface area (Å²) in [6.45, 7) is 0. The molecule has 0 aliphatic rings. The monoisotopic (exact) mass is 282 g/mol. The van der Waals surface area contributed by atoms with Crippen LogP contribution >= 0.6 is 0 Å². The van der Waals surface area contributed by atoms with Gasteiger partial charge in [-0.05, 0) is 17.7 Å². The average Bonchev–Trinajstić information content (AvgIpc) is 3.09. The molecule has 0 saturated carbocycles. The summed E-state index contributed by atoms with van der Waals surface area (Å²) in [6, 6.07) is 8.25. The van der Waals surface area contributed by atoms with Crippen molar-refractivity contribution < 1.29 is 9.47 Å². The number of hydrogen-bond donors (Lipinski definition) is 0. The Morgan fingerprint density at radius 3 is 2.76 bits per heavy atom. The summed E-state index contributed by atoms with van der Waals surface area (Å²) < 4.78 is 12.3. The normalized spacial score (nSPS) is 10.4. The van der Waals surface area contributed by atoms with Gasteiger partial charge in [-0.15, -0.1) is 0 Å². The number of methoxy groups -OCH3 is 2. The summed E-state index contributed by atoms with van der Waals surface area (Å²) in [6.07, 6.45) is 7.07. The molecule has 2 aromatic heterocycles. The van der Waals surface area contributed by atoms with Crippen molar-refractivity contribution in [2.75, 3.05) is 14.2 Å². The topological polar surface area (TPSA) is 62.1 Å². The fraction of sp³-hybridized carbons (Fsp3) is 0.133. The first-order chi connectivity index (χ1) is 10.3. The molecule has 0 amide bonds. The van der Waals surface area contributed by atoms with Crippen LogP contribution in [0.2, 0.25) is 0 Å². The van der Waals surface area contributed by atoms with Gasteiger partial charge in [0.2, 0.25) is 5.88 Å². The van der Waals surface area contributed by atoms with Crippen molar-refractivity contribution in [3.8, 4) is 28.7 Å². The molecule has 0 unspecified atom stereocenters. The van der Waals surface area contributed by atoms with Gasteiger partial charge in [-0.1, -0.05) is 12.1 Å². The van der Waals surface area contributed by atoms with E-state index < -0.39 is 0 Å². The van der Waals surface area contributed by atoms with E-state index in [1.165, 1.54) is 7.11 Å². The molecule has 0 atom stereocenters. The lowest BCUT2D eigenvalue weighted by Gasteiger charge is -2.10. The number of nitrogens with zero attached hydrogens (tertiary/aromatic N) is 4. The minimum atomic E-state index is 0.279. The maximum absolute atomic E-state index is 5.32. The summed E-state index contributed by atoms with van der Waals surface area (Å²) >= 11 is 0. The largest absolute Gasteiger partial charge is 0.480 e. The Bertz CT molecular complexity index is 741. The van der Waals surface area contributed by atoms with Crippen LogP contribution in [0.5, 0.6) is 11.9 Å². The Morgan fingerprint density at radius 1 is 1.14 bits per heavy atom. The molecule has 2 heterocycles. The van der Waals surface area contributed by atoms with Gasteiger partial charge in [-0.2, -0.15) is 4.98 Å². The molecule has 0 aliphatic carbocycles. The van der Waals surface area contributed by atoms with E-state index in [4.69, 9.17) is 9.47 Å². The van der Waals surface area contributed by atoms with Gasteiger partial charge >= 0.3 is 6.01 Å². The van der Waals surface area contributed by atoms with Crippen molar-refractivity contribution in [2.45, 2.75) is 0 Å². The highest BCUT2D eigenvalue weighted by Crippen LogP contribution is 2.29. The lowest BCUT2D eigenvalue weighted by molar-refractivity contribution is 0.353. The molecule has 0 aliphatic heterocycles. The molecule has 6 nitrogen and oxygen atoms in total. The van der Waals surface area contributed by atoms with Crippen molar-refractivity contribution in [1.82, 2.24) is 19.5 Å². The second-order valence-corrected chi connectivity index (χ2v) is 4.30. The van der Waals surface area contributed by atoms with Crippen molar-refractivity contribution in [2.24, 2.45) is 0 Å². The highest BCUT2D eigenvalue weighted by Gasteiger charge is 2.11. The van der Waals surface area contributed by atoms with Crippen LogP contribution in [-0.2, 0) is 0 Å². The third-order valence-electron chi connectivity index (χ3n) is 3.07. The molecule has 0 bridgehead atoms. The highest BCUT2D eigenvalue weighted by molar-refractivity contribution is 5.69. The summed E-state index contributed by atoms with van der Waals surface area (Å²) in [5, 5.41) is 0. The lowest BCUT2D eigenvalue weighted by atomic mass is 10.1. The summed E-state index contributed by atoms with van der Waals surface area (Å²) in [5.74, 6) is 0.477. The maximum atomic E-state index is 5.32. The van der Waals surface area contributed by atoms with Crippen LogP contribution in [0, 0.1) is 0 Å². The Morgan fingerprint density at radius 2 is 2.05 bits per heavy atom.